The standard InChI is InChI=1S/C21H22FN3O2/c22-15-6-7-18-16(12-15)17(13-20(26)24-18)21(27)23-9-3-10-25-11-8-14-4-1-2-5-19(14)25/h1-2,4-7,12,17H,3,8-11,13H2,(H,23,27)(H,24,26). The summed E-state index contributed by atoms with van der Waals surface area (Å²) in [4.78, 5) is 26.8. The van der Waals surface area contributed by atoms with Crippen LogP contribution in [0.1, 0.15) is 29.9 Å². The molecule has 0 aliphatic carbocycles. The van der Waals surface area contributed by atoms with Crippen molar-refractivity contribution in [3.8, 4) is 0 Å². The van der Waals surface area contributed by atoms with Gasteiger partial charge in [-0.05, 0) is 48.2 Å². The van der Waals surface area contributed by atoms with Crippen molar-refractivity contribution < 1.29 is 14.0 Å². The maximum absolute atomic E-state index is 13.6. The highest BCUT2D eigenvalue weighted by Gasteiger charge is 2.30. The second kappa shape index (κ2) is 7.39. The van der Waals surface area contributed by atoms with E-state index in [1.54, 1.807) is 0 Å². The van der Waals surface area contributed by atoms with E-state index in [1.807, 2.05) is 6.07 Å². The van der Waals surface area contributed by atoms with Crippen molar-refractivity contribution in [2.75, 3.05) is 29.9 Å². The molecule has 2 amide bonds. The van der Waals surface area contributed by atoms with Crippen LogP contribution in [0.25, 0.3) is 0 Å². The Morgan fingerprint density at radius 1 is 1.26 bits per heavy atom. The van der Waals surface area contributed by atoms with Crippen molar-refractivity contribution >= 4 is 23.2 Å². The predicted molar refractivity (Wildman–Crippen MR) is 102 cm³/mol. The summed E-state index contributed by atoms with van der Waals surface area (Å²) in [7, 11) is 0. The van der Waals surface area contributed by atoms with Crippen molar-refractivity contribution in [3.05, 3.63) is 59.4 Å². The third-order valence-corrected chi connectivity index (χ3v) is 5.26. The molecular weight excluding hydrogens is 345 g/mol. The van der Waals surface area contributed by atoms with Gasteiger partial charge in [-0.2, -0.15) is 0 Å². The lowest BCUT2D eigenvalue weighted by Crippen LogP contribution is -2.36. The maximum atomic E-state index is 13.6. The lowest BCUT2D eigenvalue weighted by molar-refractivity contribution is -0.126. The number of rotatable bonds is 5. The molecular formula is C21H22FN3O2. The van der Waals surface area contributed by atoms with Gasteiger partial charge in [0.05, 0.1) is 5.92 Å². The van der Waals surface area contributed by atoms with Crippen LogP contribution in [0.5, 0.6) is 0 Å². The lowest BCUT2D eigenvalue weighted by Gasteiger charge is -2.25. The van der Waals surface area contributed by atoms with Crippen molar-refractivity contribution in [3.63, 3.8) is 0 Å². The molecule has 6 heteroatoms. The minimum Gasteiger partial charge on any atom is -0.371 e. The first-order valence-corrected chi connectivity index (χ1v) is 9.31. The average Bonchev–Trinajstić information content (AvgIpc) is 3.08. The molecule has 2 N–H and O–H groups in total. The topological polar surface area (TPSA) is 61.4 Å². The summed E-state index contributed by atoms with van der Waals surface area (Å²) in [6, 6.07) is 12.5. The van der Waals surface area contributed by atoms with Gasteiger partial charge in [-0.15, -0.1) is 0 Å². The van der Waals surface area contributed by atoms with Gasteiger partial charge in [-0.1, -0.05) is 18.2 Å². The molecule has 0 saturated heterocycles. The number of hydrogen-bond donors (Lipinski definition) is 2. The van der Waals surface area contributed by atoms with E-state index in [9.17, 15) is 14.0 Å². The SMILES string of the molecule is O=C1CC(C(=O)NCCCN2CCc3ccccc32)c2cc(F)ccc2N1. The fourth-order valence-electron chi connectivity index (χ4n) is 3.91. The van der Waals surface area contributed by atoms with E-state index in [2.05, 4.69) is 33.7 Å². The third kappa shape index (κ3) is 3.65. The number of carbonyl (C=O) groups is 2. The largest absolute Gasteiger partial charge is 0.371 e. The Kier molecular flexibility index (Phi) is 4.79. The van der Waals surface area contributed by atoms with Gasteiger partial charge in [0.15, 0.2) is 0 Å². The molecule has 0 spiro atoms. The molecule has 2 heterocycles. The van der Waals surface area contributed by atoms with E-state index in [4.69, 9.17) is 0 Å². The number of hydrogen-bond acceptors (Lipinski definition) is 3. The van der Waals surface area contributed by atoms with E-state index in [0.29, 0.717) is 17.8 Å². The highest BCUT2D eigenvalue weighted by molar-refractivity contribution is 6.01. The van der Waals surface area contributed by atoms with Crippen LogP contribution in [0.4, 0.5) is 15.8 Å². The number of para-hydroxylation sites is 1. The van der Waals surface area contributed by atoms with Crippen LogP contribution in [0, 0.1) is 5.82 Å². The van der Waals surface area contributed by atoms with Crippen LogP contribution in [-0.4, -0.2) is 31.4 Å². The Balaban J connectivity index is 1.33. The number of halogens is 1. The van der Waals surface area contributed by atoms with Crippen LogP contribution in [0.3, 0.4) is 0 Å². The van der Waals surface area contributed by atoms with Gasteiger partial charge >= 0.3 is 0 Å². The Hall–Kier alpha value is -2.89. The summed E-state index contributed by atoms with van der Waals surface area (Å²) < 4.78 is 13.6. The molecule has 4 rings (SSSR count). The second-order valence-electron chi connectivity index (χ2n) is 7.05. The van der Waals surface area contributed by atoms with Crippen molar-refractivity contribution in [2.24, 2.45) is 0 Å². The molecule has 0 bridgehead atoms. The molecule has 2 aromatic rings. The first-order chi connectivity index (χ1) is 13.1. The molecule has 0 saturated carbocycles. The first-order valence-electron chi connectivity index (χ1n) is 9.31. The summed E-state index contributed by atoms with van der Waals surface area (Å²) in [5.41, 5.74) is 3.70. The number of amides is 2. The Morgan fingerprint density at radius 3 is 3.00 bits per heavy atom. The zero-order valence-corrected chi connectivity index (χ0v) is 15.0. The molecule has 0 aromatic heterocycles. The average molecular weight is 367 g/mol. The fourth-order valence-corrected chi connectivity index (χ4v) is 3.91. The highest BCUT2D eigenvalue weighted by atomic mass is 19.1. The Labute approximate surface area is 157 Å². The van der Waals surface area contributed by atoms with E-state index in [-0.39, 0.29) is 18.2 Å². The van der Waals surface area contributed by atoms with Crippen molar-refractivity contribution in [1.82, 2.24) is 5.32 Å². The molecule has 140 valence electrons. The van der Waals surface area contributed by atoms with Gasteiger partial charge in [0, 0.05) is 37.4 Å². The number of fused-ring (bicyclic) bond motifs is 2. The number of nitrogens with one attached hydrogen (secondary N) is 2. The summed E-state index contributed by atoms with van der Waals surface area (Å²) in [5.74, 6) is -1.49. The van der Waals surface area contributed by atoms with Crippen LogP contribution in [0.2, 0.25) is 0 Å². The summed E-state index contributed by atoms with van der Waals surface area (Å²) in [6.07, 6.45) is 1.92. The number of benzene rings is 2. The first kappa shape index (κ1) is 17.5. The molecule has 1 atom stereocenters. The normalized spacial score (nSPS) is 17.9. The minimum absolute atomic E-state index is 0.0434. The molecule has 5 nitrogen and oxygen atoms in total. The van der Waals surface area contributed by atoms with E-state index in [0.717, 1.165) is 25.9 Å². The molecule has 1 unspecified atom stereocenters. The summed E-state index contributed by atoms with van der Waals surface area (Å²) >= 11 is 0. The van der Waals surface area contributed by atoms with Crippen LogP contribution < -0.4 is 15.5 Å². The van der Waals surface area contributed by atoms with Gasteiger partial charge in [-0.3, -0.25) is 9.59 Å². The van der Waals surface area contributed by atoms with Gasteiger partial charge in [0.25, 0.3) is 0 Å². The van der Waals surface area contributed by atoms with E-state index >= 15 is 0 Å². The smallest absolute Gasteiger partial charge is 0.228 e. The lowest BCUT2D eigenvalue weighted by atomic mass is 9.89. The number of carbonyl (C=O) groups excluding carboxylic acids is 2. The van der Waals surface area contributed by atoms with Crippen molar-refractivity contribution in [1.29, 1.82) is 0 Å². The zero-order chi connectivity index (χ0) is 18.8. The minimum atomic E-state index is -0.642. The van der Waals surface area contributed by atoms with Gasteiger partial charge < -0.3 is 15.5 Å². The quantitative estimate of drug-likeness (QED) is 0.799. The van der Waals surface area contributed by atoms with Crippen LogP contribution in [-0.2, 0) is 16.0 Å². The maximum Gasteiger partial charge on any atom is 0.228 e. The second-order valence-corrected chi connectivity index (χ2v) is 7.05. The number of anilines is 2. The molecule has 0 radical (unpaired) electrons. The predicted octanol–water partition coefficient (Wildman–Crippen LogP) is 2.82. The Bertz CT molecular complexity index is 883. The van der Waals surface area contributed by atoms with Gasteiger partial charge in [0.2, 0.25) is 11.8 Å². The van der Waals surface area contributed by atoms with E-state index in [1.165, 1.54) is 29.4 Å². The van der Waals surface area contributed by atoms with Crippen LogP contribution >= 0.6 is 0 Å². The number of nitrogens with zero attached hydrogens (tertiary/aromatic N) is 1. The van der Waals surface area contributed by atoms with Gasteiger partial charge in [0.1, 0.15) is 5.82 Å². The summed E-state index contributed by atoms with van der Waals surface area (Å²) in [6.45, 7) is 2.40. The van der Waals surface area contributed by atoms with E-state index < -0.39 is 11.7 Å². The zero-order valence-electron chi connectivity index (χ0n) is 15.0. The van der Waals surface area contributed by atoms with Crippen molar-refractivity contribution in [2.45, 2.75) is 25.2 Å². The molecule has 0 fully saturated rings. The third-order valence-electron chi connectivity index (χ3n) is 5.26. The monoisotopic (exact) mass is 367 g/mol. The van der Waals surface area contributed by atoms with Gasteiger partial charge in [-0.25, -0.2) is 4.39 Å². The molecule has 2 aliphatic heterocycles. The fraction of sp³-hybridized carbons (Fsp3) is 0.333. The molecule has 27 heavy (non-hydrogen) atoms. The van der Waals surface area contributed by atoms with Crippen LogP contribution in [0.15, 0.2) is 42.5 Å². The Morgan fingerprint density at radius 2 is 2.11 bits per heavy atom. The molecule has 2 aromatic carbocycles. The summed E-state index contributed by atoms with van der Waals surface area (Å²) in [5, 5.41) is 5.61. The molecule has 2 aliphatic rings. The highest BCUT2D eigenvalue weighted by Crippen LogP contribution is 2.33.